The van der Waals surface area contributed by atoms with Crippen molar-refractivity contribution in [2.45, 2.75) is 32.5 Å². The normalized spacial score (nSPS) is 17.9. The van der Waals surface area contributed by atoms with Crippen LogP contribution in [0.25, 0.3) is 0 Å². The van der Waals surface area contributed by atoms with E-state index in [9.17, 15) is 18.0 Å². The number of hydrogen-bond acceptors (Lipinski definition) is 5. The standard InChI is InChI=1S/C16H25F3N6OS.HI/c1-3-20-15(24-12-4-7-25(8-12)9-16(17,18)19)22-6-5-21-14(26)13-11(2)23-10-27-13;/h10,12H,3-9H2,1-2H3,(H,21,26)(H2,20,22,24);1H. The molecule has 1 saturated heterocycles. The van der Waals surface area contributed by atoms with Crippen LogP contribution in [0.5, 0.6) is 0 Å². The van der Waals surface area contributed by atoms with E-state index in [4.69, 9.17) is 0 Å². The third-order valence-electron chi connectivity index (χ3n) is 3.98. The van der Waals surface area contributed by atoms with E-state index in [0.717, 1.165) is 0 Å². The van der Waals surface area contributed by atoms with Gasteiger partial charge in [0.1, 0.15) is 4.88 Å². The monoisotopic (exact) mass is 534 g/mol. The second-order valence-electron chi connectivity index (χ2n) is 6.26. The molecule has 7 nitrogen and oxygen atoms in total. The van der Waals surface area contributed by atoms with Crippen molar-refractivity contribution in [2.24, 2.45) is 4.99 Å². The van der Waals surface area contributed by atoms with E-state index in [2.05, 4.69) is 25.9 Å². The molecule has 1 atom stereocenters. The lowest BCUT2D eigenvalue weighted by molar-refractivity contribution is -0.143. The van der Waals surface area contributed by atoms with E-state index >= 15 is 0 Å². The molecule has 1 fully saturated rings. The van der Waals surface area contributed by atoms with Gasteiger partial charge >= 0.3 is 6.18 Å². The molecule has 1 unspecified atom stereocenters. The highest BCUT2D eigenvalue weighted by molar-refractivity contribution is 14.0. The Kier molecular flexibility index (Phi) is 10.4. The van der Waals surface area contributed by atoms with Crippen LogP contribution in [0.15, 0.2) is 10.5 Å². The third kappa shape index (κ3) is 8.47. The van der Waals surface area contributed by atoms with Gasteiger partial charge in [-0.25, -0.2) is 4.98 Å². The van der Waals surface area contributed by atoms with E-state index in [0.29, 0.717) is 55.7 Å². The number of carbonyl (C=O) groups is 1. The third-order valence-corrected chi connectivity index (χ3v) is 4.91. The van der Waals surface area contributed by atoms with Crippen molar-refractivity contribution < 1.29 is 18.0 Å². The van der Waals surface area contributed by atoms with Crippen LogP contribution < -0.4 is 16.0 Å². The predicted octanol–water partition coefficient (Wildman–Crippen LogP) is 1.99. The molecule has 12 heteroatoms. The van der Waals surface area contributed by atoms with Crippen molar-refractivity contribution in [2.75, 3.05) is 39.3 Å². The van der Waals surface area contributed by atoms with Crippen LogP contribution in [0, 0.1) is 6.92 Å². The molecule has 0 bridgehead atoms. The minimum atomic E-state index is -4.18. The van der Waals surface area contributed by atoms with Crippen LogP contribution in [0.4, 0.5) is 13.2 Å². The highest BCUT2D eigenvalue weighted by Gasteiger charge is 2.34. The lowest BCUT2D eigenvalue weighted by Crippen LogP contribution is -2.45. The summed E-state index contributed by atoms with van der Waals surface area (Å²) in [7, 11) is 0. The van der Waals surface area contributed by atoms with Gasteiger partial charge in [0.2, 0.25) is 0 Å². The summed E-state index contributed by atoms with van der Waals surface area (Å²) in [5.41, 5.74) is 2.32. The molecule has 2 rings (SSSR count). The second-order valence-corrected chi connectivity index (χ2v) is 7.12. The number of aryl methyl sites for hydroxylation is 1. The molecular formula is C16H26F3IN6OS. The Morgan fingerprint density at radius 1 is 1.43 bits per heavy atom. The van der Waals surface area contributed by atoms with E-state index < -0.39 is 12.7 Å². The zero-order chi connectivity index (χ0) is 19.9. The Balaban J connectivity index is 0.00000392. The fourth-order valence-electron chi connectivity index (χ4n) is 2.80. The first-order chi connectivity index (χ1) is 12.8. The first-order valence-corrected chi connectivity index (χ1v) is 9.68. The molecule has 1 aromatic rings. The maximum Gasteiger partial charge on any atom is 0.401 e. The average Bonchev–Trinajstić information content (AvgIpc) is 3.18. The molecule has 1 aliphatic rings. The predicted molar refractivity (Wildman–Crippen MR) is 115 cm³/mol. The molecule has 0 radical (unpaired) electrons. The van der Waals surface area contributed by atoms with Gasteiger partial charge in [0, 0.05) is 32.2 Å². The Morgan fingerprint density at radius 2 is 2.18 bits per heavy atom. The number of nitrogens with zero attached hydrogens (tertiary/aromatic N) is 3. The lowest BCUT2D eigenvalue weighted by Gasteiger charge is -2.19. The summed E-state index contributed by atoms with van der Waals surface area (Å²) in [6, 6.07) is -0.0837. The molecule has 2 heterocycles. The summed E-state index contributed by atoms with van der Waals surface area (Å²) in [5.74, 6) is 0.362. The number of hydrogen-bond donors (Lipinski definition) is 3. The summed E-state index contributed by atoms with van der Waals surface area (Å²) in [5, 5.41) is 9.03. The van der Waals surface area contributed by atoms with Crippen molar-refractivity contribution in [3.63, 3.8) is 0 Å². The molecule has 0 saturated carbocycles. The highest BCUT2D eigenvalue weighted by atomic mass is 127. The Bertz CT molecular complexity index is 655. The fourth-order valence-corrected chi connectivity index (χ4v) is 3.52. The molecule has 1 aliphatic heterocycles. The average molecular weight is 534 g/mol. The number of thiazole rings is 1. The number of amides is 1. The number of aromatic nitrogens is 1. The summed E-state index contributed by atoms with van der Waals surface area (Å²) in [6.07, 6.45) is -3.55. The fraction of sp³-hybridized carbons (Fsp3) is 0.688. The van der Waals surface area contributed by atoms with E-state index in [1.54, 1.807) is 12.4 Å². The van der Waals surface area contributed by atoms with Gasteiger partial charge in [-0.3, -0.25) is 14.7 Å². The van der Waals surface area contributed by atoms with Gasteiger partial charge < -0.3 is 16.0 Å². The minimum Gasteiger partial charge on any atom is -0.357 e. The maximum atomic E-state index is 12.5. The van der Waals surface area contributed by atoms with Gasteiger partial charge in [0.05, 0.1) is 24.3 Å². The van der Waals surface area contributed by atoms with Gasteiger partial charge in [-0.2, -0.15) is 13.2 Å². The smallest absolute Gasteiger partial charge is 0.357 e. The van der Waals surface area contributed by atoms with Crippen molar-refractivity contribution in [3.05, 3.63) is 16.1 Å². The summed E-state index contributed by atoms with van der Waals surface area (Å²) in [6.45, 7) is 4.89. The van der Waals surface area contributed by atoms with Crippen LogP contribution in [0.1, 0.15) is 28.7 Å². The van der Waals surface area contributed by atoms with Gasteiger partial charge in [0.15, 0.2) is 5.96 Å². The Hall–Kier alpha value is -1.15. The van der Waals surface area contributed by atoms with Gasteiger partial charge in [-0.1, -0.05) is 0 Å². The van der Waals surface area contributed by atoms with Gasteiger partial charge in [0.25, 0.3) is 5.91 Å². The number of halogens is 4. The second kappa shape index (κ2) is 11.8. The van der Waals surface area contributed by atoms with E-state index in [1.807, 2.05) is 6.92 Å². The molecular weight excluding hydrogens is 508 g/mol. The zero-order valence-electron chi connectivity index (χ0n) is 15.8. The van der Waals surface area contributed by atoms with Crippen LogP contribution in [-0.4, -0.2) is 73.2 Å². The molecule has 0 aliphatic carbocycles. The van der Waals surface area contributed by atoms with Crippen molar-refractivity contribution in [1.29, 1.82) is 0 Å². The highest BCUT2D eigenvalue weighted by Crippen LogP contribution is 2.19. The zero-order valence-corrected chi connectivity index (χ0v) is 19.0. The van der Waals surface area contributed by atoms with Crippen molar-refractivity contribution >= 4 is 47.2 Å². The number of rotatable bonds is 7. The Morgan fingerprint density at radius 3 is 2.79 bits per heavy atom. The van der Waals surface area contributed by atoms with E-state index in [1.165, 1.54) is 16.2 Å². The van der Waals surface area contributed by atoms with E-state index in [-0.39, 0.29) is 35.9 Å². The van der Waals surface area contributed by atoms with Crippen molar-refractivity contribution in [3.8, 4) is 0 Å². The molecule has 1 aromatic heterocycles. The number of alkyl halides is 3. The van der Waals surface area contributed by atoms with Crippen LogP contribution in [0.2, 0.25) is 0 Å². The first-order valence-electron chi connectivity index (χ1n) is 8.80. The Labute approximate surface area is 183 Å². The SMILES string of the molecule is CCNC(=NCCNC(=O)c1scnc1C)NC1CCN(CC(F)(F)F)C1.I. The summed E-state index contributed by atoms with van der Waals surface area (Å²) < 4.78 is 37.4. The lowest BCUT2D eigenvalue weighted by atomic mass is 10.3. The number of likely N-dealkylation sites (tertiary alicyclic amines) is 1. The number of nitrogens with one attached hydrogen (secondary N) is 3. The number of carbonyl (C=O) groups excluding carboxylic acids is 1. The van der Waals surface area contributed by atoms with Gasteiger partial charge in [-0.05, 0) is 20.3 Å². The molecule has 28 heavy (non-hydrogen) atoms. The largest absolute Gasteiger partial charge is 0.401 e. The molecule has 1 amide bonds. The van der Waals surface area contributed by atoms with Crippen LogP contribution >= 0.6 is 35.3 Å². The topological polar surface area (TPSA) is 81.6 Å². The number of guanidine groups is 1. The molecule has 0 aromatic carbocycles. The van der Waals surface area contributed by atoms with Crippen LogP contribution in [0.3, 0.4) is 0 Å². The summed E-state index contributed by atoms with van der Waals surface area (Å²) in [4.78, 5) is 22.4. The molecule has 160 valence electrons. The first kappa shape index (κ1) is 24.9. The quantitative estimate of drug-likeness (QED) is 0.216. The van der Waals surface area contributed by atoms with Crippen LogP contribution in [-0.2, 0) is 0 Å². The number of aliphatic imine (C=N–C) groups is 1. The minimum absolute atomic E-state index is 0. The molecule has 3 N–H and O–H groups in total. The maximum absolute atomic E-state index is 12.5. The van der Waals surface area contributed by atoms with Gasteiger partial charge in [-0.15, -0.1) is 35.3 Å². The molecule has 0 spiro atoms. The summed E-state index contributed by atoms with van der Waals surface area (Å²) >= 11 is 1.29. The van der Waals surface area contributed by atoms with Crippen molar-refractivity contribution in [1.82, 2.24) is 25.8 Å².